The normalized spacial score (nSPS) is 23.9. The molecule has 2 aliphatic carbocycles. The number of ether oxygens (including phenoxy) is 1. The van der Waals surface area contributed by atoms with Gasteiger partial charge in [-0.05, 0) is 24.5 Å². The second-order valence-corrected chi connectivity index (χ2v) is 9.55. The van der Waals surface area contributed by atoms with Gasteiger partial charge in [0.25, 0.3) is 11.8 Å². The molecule has 1 aliphatic heterocycles. The molecular weight excluding hydrogens is 458 g/mol. The van der Waals surface area contributed by atoms with Crippen molar-refractivity contribution in [1.29, 1.82) is 0 Å². The molecule has 10 nitrogen and oxygen atoms in total. The molecule has 1 N–H and O–H groups in total. The molecule has 0 aromatic carbocycles. The van der Waals surface area contributed by atoms with E-state index in [9.17, 15) is 13.6 Å². The monoisotopic (exact) mass is 484 g/mol. The minimum Gasteiger partial charge on any atom is -0.378 e. The lowest BCUT2D eigenvalue weighted by Gasteiger charge is -2.22. The number of imidazole rings is 1. The number of carbonyl (C=O) groups is 1. The van der Waals surface area contributed by atoms with Gasteiger partial charge < -0.3 is 19.5 Å². The number of pyridine rings is 1. The van der Waals surface area contributed by atoms with E-state index < -0.39 is 17.8 Å². The molecule has 2 fully saturated rings. The zero-order valence-corrected chi connectivity index (χ0v) is 19.5. The number of amides is 1. The summed E-state index contributed by atoms with van der Waals surface area (Å²) in [7, 11) is 3.53. The Morgan fingerprint density at radius 2 is 2.09 bits per heavy atom. The lowest BCUT2D eigenvalue weighted by Crippen LogP contribution is -2.28. The van der Waals surface area contributed by atoms with Gasteiger partial charge in [0.2, 0.25) is 0 Å². The third-order valence-electron chi connectivity index (χ3n) is 7.36. The maximum Gasteiger partial charge on any atom is 0.274 e. The van der Waals surface area contributed by atoms with E-state index in [4.69, 9.17) is 4.74 Å². The van der Waals surface area contributed by atoms with Crippen molar-refractivity contribution in [1.82, 2.24) is 34.8 Å². The largest absolute Gasteiger partial charge is 0.378 e. The van der Waals surface area contributed by atoms with Crippen molar-refractivity contribution in [2.24, 2.45) is 18.9 Å². The molecule has 3 atom stereocenters. The smallest absolute Gasteiger partial charge is 0.274 e. The van der Waals surface area contributed by atoms with Crippen LogP contribution in [0.3, 0.4) is 0 Å². The first-order chi connectivity index (χ1) is 16.8. The molecule has 6 rings (SSSR count). The maximum absolute atomic E-state index is 13.6. The summed E-state index contributed by atoms with van der Waals surface area (Å²) in [6.45, 7) is 1.26. The highest BCUT2D eigenvalue weighted by Crippen LogP contribution is 2.59. The molecule has 0 spiro atoms. The molecule has 3 aromatic rings. The van der Waals surface area contributed by atoms with Gasteiger partial charge >= 0.3 is 0 Å². The average Bonchev–Trinajstić information content (AvgIpc) is 3.47. The lowest BCUT2D eigenvalue weighted by molar-refractivity contribution is 0.0796. The molecule has 0 radical (unpaired) electrons. The number of nitrogens with one attached hydrogen (secondary N) is 1. The molecule has 4 heterocycles. The SMILES string of the molecule is COCc1nc(N2CC3C(C2)C3(F)F)ccc1Cn1cc(C(=O)N[C@@H]2CCc3c2ncn3C)nn1. The van der Waals surface area contributed by atoms with Crippen LogP contribution >= 0.6 is 0 Å². The number of halogens is 2. The van der Waals surface area contributed by atoms with Gasteiger partial charge in [-0.1, -0.05) is 11.3 Å². The van der Waals surface area contributed by atoms with Crippen LogP contribution in [0.5, 0.6) is 0 Å². The predicted molar refractivity (Wildman–Crippen MR) is 120 cm³/mol. The number of alkyl halides is 2. The van der Waals surface area contributed by atoms with Crippen LogP contribution in [-0.4, -0.2) is 61.6 Å². The highest BCUT2D eigenvalue weighted by Gasteiger charge is 2.71. The Morgan fingerprint density at radius 1 is 1.29 bits per heavy atom. The standard InChI is InChI=1S/C23H26F2N8O2/c1-31-12-26-21-16(4-5-19(21)31)28-22(34)17-10-33(30-29-17)7-13-3-6-20(27-18(13)11-35-2)32-8-14-15(9-32)23(14,24)25/h3,6,10,12,14-16H,4-5,7-9,11H2,1-2H3,(H,28,34)/t14?,15?,16-/m1/s1. The number of rotatable bonds is 7. The minimum absolute atomic E-state index is 0.134. The summed E-state index contributed by atoms with van der Waals surface area (Å²) < 4.78 is 36.0. The highest BCUT2D eigenvalue weighted by atomic mass is 19.3. The number of anilines is 1. The summed E-state index contributed by atoms with van der Waals surface area (Å²) in [4.78, 5) is 23.8. The van der Waals surface area contributed by atoms with Gasteiger partial charge in [0.1, 0.15) is 5.82 Å². The molecule has 184 valence electrons. The highest BCUT2D eigenvalue weighted by molar-refractivity contribution is 5.92. The topological polar surface area (TPSA) is 103 Å². The van der Waals surface area contributed by atoms with E-state index in [1.54, 1.807) is 24.3 Å². The van der Waals surface area contributed by atoms with E-state index >= 15 is 0 Å². The summed E-state index contributed by atoms with van der Waals surface area (Å²) >= 11 is 0. The van der Waals surface area contributed by atoms with Crippen LogP contribution in [0.2, 0.25) is 0 Å². The molecule has 0 bridgehead atoms. The van der Waals surface area contributed by atoms with Crippen LogP contribution in [0.1, 0.15) is 45.6 Å². The van der Waals surface area contributed by atoms with Crippen molar-refractivity contribution in [2.75, 3.05) is 25.1 Å². The Hall–Kier alpha value is -3.41. The molecular formula is C23H26F2N8O2. The van der Waals surface area contributed by atoms with Gasteiger partial charge in [0, 0.05) is 32.9 Å². The summed E-state index contributed by atoms with van der Waals surface area (Å²) in [6, 6.07) is 3.61. The molecule has 35 heavy (non-hydrogen) atoms. The molecule has 1 saturated carbocycles. The third-order valence-corrected chi connectivity index (χ3v) is 7.36. The van der Waals surface area contributed by atoms with E-state index in [1.165, 1.54) is 0 Å². The average molecular weight is 485 g/mol. The fourth-order valence-corrected chi connectivity index (χ4v) is 5.31. The summed E-state index contributed by atoms with van der Waals surface area (Å²) in [5.41, 5.74) is 3.83. The first-order valence-electron chi connectivity index (χ1n) is 11.7. The first kappa shape index (κ1) is 22.1. The van der Waals surface area contributed by atoms with Crippen molar-refractivity contribution in [2.45, 2.75) is 38.0 Å². The molecule has 1 saturated heterocycles. The first-order valence-corrected chi connectivity index (χ1v) is 11.7. The molecule has 3 aliphatic rings. The number of methoxy groups -OCH3 is 1. The molecule has 2 unspecified atom stereocenters. The second-order valence-electron chi connectivity index (χ2n) is 9.55. The van der Waals surface area contributed by atoms with Gasteiger partial charge in [-0.3, -0.25) is 4.79 Å². The number of nitrogens with zero attached hydrogens (tertiary/aromatic N) is 7. The van der Waals surface area contributed by atoms with Crippen LogP contribution in [0.15, 0.2) is 24.7 Å². The Kier molecular flexibility index (Phi) is 5.09. The van der Waals surface area contributed by atoms with Crippen molar-refractivity contribution in [3.63, 3.8) is 0 Å². The van der Waals surface area contributed by atoms with Gasteiger partial charge in [-0.25, -0.2) is 23.4 Å². The van der Waals surface area contributed by atoms with E-state index in [0.29, 0.717) is 31.1 Å². The van der Waals surface area contributed by atoms with Crippen molar-refractivity contribution < 1.29 is 18.3 Å². The van der Waals surface area contributed by atoms with Crippen molar-refractivity contribution in [3.8, 4) is 0 Å². The van der Waals surface area contributed by atoms with Gasteiger partial charge in [0.05, 0.1) is 54.9 Å². The molecule has 3 aromatic heterocycles. The number of carbonyl (C=O) groups excluding carboxylic acids is 1. The third kappa shape index (κ3) is 3.76. The van der Waals surface area contributed by atoms with Gasteiger partial charge in [0.15, 0.2) is 5.69 Å². The molecule has 12 heteroatoms. The number of piperidine rings is 1. The predicted octanol–water partition coefficient (Wildman–Crippen LogP) is 1.72. The van der Waals surface area contributed by atoms with E-state index in [0.717, 1.165) is 29.8 Å². The van der Waals surface area contributed by atoms with Crippen LogP contribution in [0, 0.1) is 11.8 Å². The Morgan fingerprint density at radius 3 is 2.86 bits per heavy atom. The Bertz CT molecular complexity index is 1270. The van der Waals surface area contributed by atoms with Gasteiger partial charge in [-0.2, -0.15) is 0 Å². The number of hydrogen-bond acceptors (Lipinski definition) is 7. The number of aryl methyl sites for hydroxylation is 1. The van der Waals surface area contributed by atoms with Crippen LogP contribution in [0.4, 0.5) is 14.6 Å². The number of hydrogen-bond donors (Lipinski definition) is 1. The van der Waals surface area contributed by atoms with Crippen molar-refractivity contribution >= 4 is 11.7 Å². The molecule has 1 amide bonds. The number of aromatic nitrogens is 6. The van der Waals surface area contributed by atoms with Crippen molar-refractivity contribution in [3.05, 3.63) is 53.0 Å². The Labute approximate surface area is 200 Å². The van der Waals surface area contributed by atoms with E-state index in [2.05, 4.69) is 25.6 Å². The van der Waals surface area contributed by atoms with Crippen LogP contribution < -0.4 is 10.2 Å². The van der Waals surface area contributed by atoms with Crippen LogP contribution in [0.25, 0.3) is 0 Å². The lowest BCUT2D eigenvalue weighted by atomic mass is 10.2. The summed E-state index contributed by atoms with van der Waals surface area (Å²) in [5.74, 6) is -3.28. The Balaban J connectivity index is 1.13. The fraction of sp³-hybridized carbons (Fsp3) is 0.522. The summed E-state index contributed by atoms with van der Waals surface area (Å²) in [6.07, 6.45) is 5.04. The fourth-order valence-electron chi connectivity index (χ4n) is 5.31. The quantitative estimate of drug-likeness (QED) is 0.545. The van der Waals surface area contributed by atoms with E-state index in [-0.39, 0.29) is 24.2 Å². The minimum atomic E-state index is -2.53. The van der Waals surface area contributed by atoms with E-state index in [1.807, 2.05) is 28.6 Å². The van der Waals surface area contributed by atoms with Gasteiger partial charge in [-0.15, -0.1) is 5.10 Å². The summed E-state index contributed by atoms with van der Waals surface area (Å²) in [5, 5.41) is 11.2. The maximum atomic E-state index is 13.6. The van der Waals surface area contributed by atoms with Crippen LogP contribution in [-0.2, 0) is 31.4 Å². The number of fused-ring (bicyclic) bond motifs is 2. The second kappa shape index (κ2) is 8.08. The zero-order chi connectivity index (χ0) is 24.3. The zero-order valence-electron chi connectivity index (χ0n) is 19.5.